The van der Waals surface area contributed by atoms with Crippen molar-refractivity contribution in [3.63, 3.8) is 0 Å². The van der Waals surface area contributed by atoms with E-state index >= 15 is 0 Å². The topological polar surface area (TPSA) is 48.5 Å². The van der Waals surface area contributed by atoms with Crippen LogP contribution < -0.4 is 16.0 Å². The second kappa shape index (κ2) is 7.93. The number of aliphatic imine (C=N–C) groups is 1. The number of guanidine groups is 1. The van der Waals surface area contributed by atoms with E-state index in [1.807, 2.05) is 0 Å². The van der Waals surface area contributed by atoms with E-state index in [-0.39, 0.29) is 17.6 Å². The number of hydrogen-bond acceptors (Lipinski definition) is 2. The quantitative estimate of drug-likeness (QED) is 0.443. The fourth-order valence-corrected chi connectivity index (χ4v) is 1.70. The molecule has 3 N–H and O–H groups in total. The fourth-order valence-electron chi connectivity index (χ4n) is 1.70. The van der Waals surface area contributed by atoms with Gasteiger partial charge < -0.3 is 16.0 Å². The maximum absolute atomic E-state index is 13.5. The number of benzene rings is 1. The summed E-state index contributed by atoms with van der Waals surface area (Å²) in [6.45, 7) is 7.91. The largest absolute Gasteiger partial charge is 0.355 e. The Kier molecular flexibility index (Phi) is 6.55. The van der Waals surface area contributed by atoms with Gasteiger partial charge in [-0.05, 0) is 39.0 Å². The third-order valence-corrected chi connectivity index (χ3v) is 2.75. The van der Waals surface area contributed by atoms with Crippen LogP contribution in [0.5, 0.6) is 0 Å². The lowest BCUT2D eigenvalue weighted by Gasteiger charge is -2.21. The van der Waals surface area contributed by atoms with Gasteiger partial charge in [0, 0.05) is 37.8 Å². The molecule has 0 bridgehead atoms. The van der Waals surface area contributed by atoms with Gasteiger partial charge in [-0.2, -0.15) is 0 Å². The molecule has 0 aliphatic rings. The first-order valence-electron chi connectivity index (χ1n) is 6.95. The van der Waals surface area contributed by atoms with Crippen molar-refractivity contribution in [1.82, 2.24) is 16.0 Å². The van der Waals surface area contributed by atoms with Gasteiger partial charge in [-0.15, -0.1) is 0 Å². The lowest BCUT2D eigenvalue weighted by atomic mass is 10.1. The van der Waals surface area contributed by atoms with E-state index in [1.165, 1.54) is 6.07 Å². The highest BCUT2D eigenvalue weighted by molar-refractivity contribution is 5.79. The molecule has 6 heteroatoms. The molecule has 0 aliphatic carbocycles. The Bertz CT molecular complexity index is 481. The smallest absolute Gasteiger partial charge is 0.191 e. The third-order valence-electron chi connectivity index (χ3n) is 2.75. The Hall–Kier alpha value is -1.69. The molecule has 1 aromatic rings. The Morgan fingerprint density at radius 2 is 1.86 bits per heavy atom. The Balaban J connectivity index is 2.40. The molecule has 0 heterocycles. The Morgan fingerprint density at radius 3 is 2.48 bits per heavy atom. The van der Waals surface area contributed by atoms with E-state index in [4.69, 9.17) is 0 Å². The van der Waals surface area contributed by atoms with Gasteiger partial charge in [-0.3, -0.25) is 4.99 Å². The highest BCUT2D eigenvalue weighted by Gasteiger charge is 2.08. The van der Waals surface area contributed by atoms with Gasteiger partial charge in [0.1, 0.15) is 11.6 Å². The molecule has 0 saturated carbocycles. The van der Waals surface area contributed by atoms with E-state index < -0.39 is 11.6 Å². The number of halogens is 2. The summed E-state index contributed by atoms with van der Waals surface area (Å²) in [5, 5.41) is 9.40. The van der Waals surface area contributed by atoms with Crippen LogP contribution >= 0.6 is 0 Å². The van der Waals surface area contributed by atoms with E-state index in [0.717, 1.165) is 18.7 Å². The maximum atomic E-state index is 13.5. The van der Waals surface area contributed by atoms with Crippen molar-refractivity contribution in [2.45, 2.75) is 32.9 Å². The van der Waals surface area contributed by atoms with Crippen LogP contribution in [0.4, 0.5) is 8.78 Å². The molecule has 0 aliphatic heterocycles. The molecule has 0 aromatic heterocycles. The Labute approximate surface area is 125 Å². The molecule has 4 nitrogen and oxygen atoms in total. The molecule has 0 spiro atoms. The van der Waals surface area contributed by atoms with Crippen molar-refractivity contribution < 1.29 is 8.78 Å². The van der Waals surface area contributed by atoms with Crippen LogP contribution in [0, 0.1) is 11.6 Å². The standard InChI is InChI=1S/C15H24F2N4/c1-15(2,3)21-8-7-19-14(18-4)20-10-11-9-12(16)5-6-13(11)17/h5-6,9,21H,7-8,10H2,1-4H3,(H2,18,19,20). The van der Waals surface area contributed by atoms with Gasteiger partial charge in [0.05, 0.1) is 0 Å². The highest BCUT2D eigenvalue weighted by atomic mass is 19.1. The first kappa shape index (κ1) is 17.4. The summed E-state index contributed by atoms with van der Waals surface area (Å²) in [7, 11) is 1.63. The molecule has 1 aromatic carbocycles. The van der Waals surface area contributed by atoms with Crippen molar-refractivity contribution in [3.05, 3.63) is 35.4 Å². The summed E-state index contributed by atoms with van der Waals surface area (Å²) in [6.07, 6.45) is 0. The van der Waals surface area contributed by atoms with Crippen LogP contribution in [-0.4, -0.2) is 31.6 Å². The molecule has 0 saturated heterocycles. The van der Waals surface area contributed by atoms with Crippen LogP contribution in [-0.2, 0) is 6.54 Å². The van der Waals surface area contributed by atoms with Crippen molar-refractivity contribution >= 4 is 5.96 Å². The normalized spacial score (nSPS) is 12.4. The van der Waals surface area contributed by atoms with Crippen LogP contribution in [0.2, 0.25) is 0 Å². The average molecular weight is 298 g/mol. The molecule has 0 atom stereocenters. The van der Waals surface area contributed by atoms with Gasteiger partial charge in [0.15, 0.2) is 5.96 Å². The predicted molar refractivity (Wildman–Crippen MR) is 82.3 cm³/mol. The lowest BCUT2D eigenvalue weighted by molar-refractivity contribution is 0.428. The summed E-state index contributed by atoms with van der Waals surface area (Å²) in [4.78, 5) is 4.04. The molecule has 0 unspecified atom stereocenters. The summed E-state index contributed by atoms with van der Waals surface area (Å²) in [6, 6.07) is 3.40. The number of hydrogen-bond donors (Lipinski definition) is 3. The number of rotatable bonds is 5. The molecular weight excluding hydrogens is 274 g/mol. The second-order valence-electron chi connectivity index (χ2n) is 5.77. The molecule has 0 fully saturated rings. The van der Waals surface area contributed by atoms with Crippen molar-refractivity contribution in [2.24, 2.45) is 4.99 Å². The lowest BCUT2D eigenvalue weighted by Crippen LogP contribution is -2.44. The summed E-state index contributed by atoms with van der Waals surface area (Å²) >= 11 is 0. The van der Waals surface area contributed by atoms with Crippen molar-refractivity contribution in [1.29, 1.82) is 0 Å². The van der Waals surface area contributed by atoms with E-state index in [9.17, 15) is 8.78 Å². The maximum Gasteiger partial charge on any atom is 0.191 e. The van der Waals surface area contributed by atoms with Crippen LogP contribution in [0.15, 0.2) is 23.2 Å². The van der Waals surface area contributed by atoms with E-state index in [2.05, 4.69) is 41.7 Å². The molecular formula is C15H24F2N4. The summed E-state index contributed by atoms with van der Waals surface area (Å²) in [5.74, 6) is -0.339. The van der Waals surface area contributed by atoms with Crippen LogP contribution in [0.25, 0.3) is 0 Å². The second-order valence-corrected chi connectivity index (χ2v) is 5.77. The van der Waals surface area contributed by atoms with Gasteiger partial charge in [0.25, 0.3) is 0 Å². The average Bonchev–Trinajstić information content (AvgIpc) is 2.40. The SMILES string of the molecule is CN=C(NCCNC(C)(C)C)NCc1cc(F)ccc1F. The number of nitrogens with zero attached hydrogens (tertiary/aromatic N) is 1. The fraction of sp³-hybridized carbons (Fsp3) is 0.533. The van der Waals surface area contributed by atoms with Gasteiger partial charge in [-0.1, -0.05) is 0 Å². The zero-order valence-electron chi connectivity index (χ0n) is 13.1. The highest BCUT2D eigenvalue weighted by Crippen LogP contribution is 2.08. The minimum Gasteiger partial charge on any atom is -0.355 e. The minimum absolute atomic E-state index is 0.0589. The van der Waals surface area contributed by atoms with Crippen molar-refractivity contribution in [2.75, 3.05) is 20.1 Å². The first-order valence-corrected chi connectivity index (χ1v) is 6.95. The molecule has 1 rings (SSSR count). The zero-order chi connectivity index (χ0) is 15.9. The molecule has 21 heavy (non-hydrogen) atoms. The van der Waals surface area contributed by atoms with E-state index in [0.29, 0.717) is 12.5 Å². The summed E-state index contributed by atoms with van der Waals surface area (Å²) in [5.41, 5.74) is 0.328. The van der Waals surface area contributed by atoms with Crippen LogP contribution in [0.3, 0.4) is 0 Å². The molecule has 0 amide bonds. The Morgan fingerprint density at radius 1 is 1.14 bits per heavy atom. The van der Waals surface area contributed by atoms with Crippen LogP contribution in [0.1, 0.15) is 26.3 Å². The predicted octanol–water partition coefficient (Wildman–Crippen LogP) is 2.02. The minimum atomic E-state index is -0.453. The molecule has 0 radical (unpaired) electrons. The van der Waals surface area contributed by atoms with Crippen molar-refractivity contribution in [3.8, 4) is 0 Å². The summed E-state index contributed by atoms with van der Waals surface area (Å²) < 4.78 is 26.5. The van der Waals surface area contributed by atoms with Gasteiger partial charge >= 0.3 is 0 Å². The monoisotopic (exact) mass is 298 g/mol. The van der Waals surface area contributed by atoms with Gasteiger partial charge in [-0.25, -0.2) is 8.78 Å². The zero-order valence-corrected chi connectivity index (χ0v) is 13.1. The molecule has 118 valence electrons. The van der Waals surface area contributed by atoms with E-state index in [1.54, 1.807) is 7.05 Å². The van der Waals surface area contributed by atoms with Gasteiger partial charge in [0.2, 0.25) is 0 Å². The number of nitrogens with one attached hydrogen (secondary N) is 3. The first-order chi connectivity index (χ1) is 9.81. The third kappa shape index (κ3) is 7.04.